The maximum atomic E-state index is 10.7. The lowest BCUT2D eigenvalue weighted by Gasteiger charge is -2.21. The topological polar surface area (TPSA) is 39.2 Å². The molecule has 1 aromatic carbocycles. The van der Waals surface area contributed by atoms with Gasteiger partial charge in [-0.2, -0.15) is 0 Å². The maximum absolute atomic E-state index is 10.7. The van der Waals surface area contributed by atoms with Gasteiger partial charge in [0.1, 0.15) is 6.29 Å². The molecule has 0 atom stereocenters. The maximum Gasteiger partial charge on any atom is 0.150 e. The van der Waals surface area contributed by atoms with Gasteiger partial charge in [-0.3, -0.25) is 9.78 Å². The van der Waals surface area contributed by atoms with Crippen LogP contribution < -0.4 is 0 Å². The average molecular weight is 241 g/mol. The Bertz CT molecular complexity index is 574. The molecule has 3 rings (SSSR count). The number of fused-ring (bicyclic) bond motifs is 1. The van der Waals surface area contributed by atoms with Crippen LogP contribution in [0.4, 0.5) is 0 Å². The van der Waals surface area contributed by atoms with E-state index in [4.69, 9.17) is 9.72 Å². The first-order valence-corrected chi connectivity index (χ1v) is 6.30. The first kappa shape index (κ1) is 11.4. The van der Waals surface area contributed by atoms with Gasteiger partial charge in [-0.1, -0.05) is 6.07 Å². The van der Waals surface area contributed by atoms with Gasteiger partial charge >= 0.3 is 0 Å². The lowest BCUT2D eigenvalue weighted by atomic mass is 9.95. The van der Waals surface area contributed by atoms with Gasteiger partial charge < -0.3 is 4.74 Å². The Kier molecular flexibility index (Phi) is 3.07. The van der Waals surface area contributed by atoms with Gasteiger partial charge in [-0.05, 0) is 37.1 Å². The molecule has 2 aromatic rings. The zero-order chi connectivity index (χ0) is 12.4. The number of hydrogen-bond donors (Lipinski definition) is 0. The summed E-state index contributed by atoms with van der Waals surface area (Å²) in [6.07, 6.45) is 2.96. The largest absolute Gasteiger partial charge is 0.381 e. The summed E-state index contributed by atoms with van der Waals surface area (Å²) in [4.78, 5) is 15.4. The summed E-state index contributed by atoms with van der Waals surface area (Å²) < 4.78 is 5.37. The molecular weight excluding hydrogens is 226 g/mol. The highest BCUT2D eigenvalue weighted by Gasteiger charge is 2.17. The van der Waals surface area contributed by atoms with Crippen molar-refractivity contribution in [3.05, 3.63) is 41.6 Å². The summed E-state index contributed by atoms with van der Waals surface area (Å²) in [6.45, 7) is 1.66. The summed E-state index contributed by atoms with van der Waals surface area (Å²) in [5.41, 5.74) is 2.80. The van der Waals surface area contributed by atoms with Crippen LogP contribution in [-0.4, -0.2) is 24.5 Å². The Labute approximate surface area is 106 Å². The highest BCUT2D eigenvalue weighted by Crippen LogP contribution is 2.27. The predicted molar refractivity (Wildman–Crippen MR) is 69.9 cm³/mol. The summed E-state index contributed by atoms with van der Waals surface area (Å²) in [5, 5.41) is 1.02. The molecule has 0 aliphatic carbocycles. The first-order chi connectivity index (χ1) is 8.86. The minimum absolute atomic E-state index is 0.508. The van der Waals surface area contributed by atoms with Crippen LogP contribution in [0.25, 0.3) is 10.9 Å². The summed E-state index contributed by atoms with van der Waals surface area (Å²) in [5.74, 6) is 0.508. The molecule has 0 saturated carbocycles. The summed E-state index contributed by atoms with van der Waals surface area (Å²) in [7, 11) is 0. The third-order valence-corrected chi connectivity index (χ3v) is 3.51. The molecule has 1 aromatic heterocycles. The number of carbonyl (C=O) groups excluding carboxylic acids is 1. The van der Waals surface area contributed by atoms with E-state index in [0.717, 1.165) is 48.9 Å². The highest BCUT2D eigenvalue weighted by atomic mass is 16.5. The van der Waals surface area contributed by atoms with Crippen LogP contribution in [0.3, 0.4) is 0 Å². The van der Waals surface area contributed by atoms with E-state index in [0.29, 0.717) is 11.5 Å². The Hall–Kier alpha value is -1.74. The van der Waals surface area contributed by atoms with Crippen LogP contribution in [0.1, 0.15) is 34.8 Å². The average Bonchev–Trinajstić information content (AvgIpc) is 2.47. The monoisotopic (exact) mass is 241 g/mol. The quantitative estimate of drug-likeness (QED) is 0.759. The smallest absolute Gasteiger partial charge is 0.150 e. The van der Waals surface area contributed by atoms with E-state index in [1.54, 1.807) is 0 Å². The molecule has 1 fully saturated rings. The van der Waals surface area contributed by atoms with Crippen molar-refractivity contribution in [3.63, 3.8) is 0 Å². The molecule has 18 heavy (non-hydrogen) atoms. The zero-order valence-corrected chi connectivity index (χ0v) is 10.1. The van der Waals surface area contributed by atoms with E-state index in [-0.39, 0.29) is 0 Å². The fraction of sp³-hybridized carbons (Fsp3) is 0.333. The van der Waals surface area contributed by atoms with E-state index in [2.05, 4.69) is 12.1 Å². The van der Waals surface area contributed by atoms with Gasteiger partial charge in [0, 0.05) is 35.8 Å². The zero-order valence-electron chi connectivity index (χ0n) is 10.1. The van der Waals surface area contributed by atoms with Crippen molar-refractivity contribution in [2.75, 3.05) is 13.2 Å². The van der Waals surface area contributed by atoms with Gasteiger partial charge in [-0.15, -0.1) is 0 Å². The number of ether oxygens (including phenoxy) is 1. The number of aldehydes is 1. The van der Waals surface area contributed by atoms with Crippen molar-refractivity contribution in [1.29, 1.82) is 0 Å². The van der Waals surface area contributed by atoms with Gasteiger partial charge in [0.15, 0.2) is 0 Å². The molecule has 1 aliphatic heterocycles. The minimum atomic E-state index is 0.508. The third-order valence-electron chi connectivity index (χ3n) is 3.51. The Morgan fingerprint density at radius 2 is 2.00 bits per heavy atom. The SMILES string of the molecule is O=Cc1ccc2nc(C3CCOCC3)ccc2c1. The Morgan fingerprint density at radius 3 is 2.78 bits per heavy atom. The van der Waals surface area contributed by atoms with E-state index in [1.165, 1.54) is 0 Å². The molecule has 3 nitrogen and oxygen atoms in total. The lowest BCUT2D eigenvalue weighted by Crippen LogP contribution is -2.15. The van der Waals surface area contributed by atoms with Gasteiger partial charge in [0.2, 0.25) is 0 Å². The van der Waals surface area contributed by atoms with Crippen molar-refractivity contribution in [1.82, 2.24) is 4.98 Å². The van der Waals surface area contributed by atoms with E-state index < -0.39 is 0 Å². The number of nitrogens with zero attached hydrogens (tertiary/aromatic N) is 1. The molecule has 1 saturated heterocycles. The fourth-order valence-electron chi connectivity index (χ4n) is 2.45. The number of carbonyl (C=O) groups is 1. The van der Waals surface area contributed by atoms with E-state index in [9.17, 15) is 4.79 Å². The van der Waals surface area contributed by atoms with Crippen molar-refractivity contribution in [2.24, 2.45) is 0 Å². The van der Waals surface area contributed by atoms with Crippen LogP contribution in [0.15, 0.2) is 30.3 Å². The van der Waals surface area contributed by atoms with Gasteiger partial charge in [0.25, 0.3) is 0 Å². The van der Waals surface area contributed by atoms with Crippen molar-refractivity contribution in [3.8, 4) is 0 Å². The lowest BCUT2D eigenvalue weighted by molar-refractivity contribution is 0.0845. The molecular formula is C15H15NO2. The molecule has 3 heteroatoms. The first-order valence-electron chi connectivity index (χ1n) is 6.30. The number of benzene rings is 1. The van der Waals surface area contributed by atoms with Gasteiger partial charge in [0.05, 0.1) is 5.52 Å². The van der Waals surface area contributed by atoms with Crippen LogP contribution in [0.2, 0.25) is 0 Å². The number of hydrogen-bond acceptors (Lipinski definition) is 3. The van der Waals surface area contributed by atoms with E-state index in [1.807, 2.05) is 18.2 Å². The number of rotatable bonds is 2. The fourth-order valence-corrected chi connectivity index (χ4v) is 2.45. The second-order valence-electron chi connectivity index (χ2n) is 4.69. The standard InChI is InChI=1S/C15H15NO2/c17-10-11-1-3-15-13(9-11)2-4-14(16-15)12-5-7-18-8-6-12/h1-4,9-10,12H,5-8H2. The Morgan fingerprint density at radius 1 is 1.17 bits per heavy atom. The van der Waals surface area contributed by atoms with Crippen LogP contribution in [-0.2, 0) is 4.74 Å². The second kappa shape index (κ2) is 4.86. The van der Waals surface area contributed by atoms with Crippen molar-refractivity contribution < 1.29 is 9.53 Å². The summed E-state index contributed by atoms with van der Waals surface area (Å²) in [6, 6.07) is 9.74. The van der Waals surface area contributed by atoms with Crippen LogP contribution in [0, 0.1) is 0 Å². The van der Waals surface area contributed by atoms with Crippen LogP contribution >= 0.6 is 0 Å². The molecule has 0 radical (unpaired) electrons. The molecule has 2 heterocycles. The van der Waals surface area contributed by atoms with Crippen molar-refractivity contribution in [2.45, 2.75) is 18.8 Å². The minimum Gasteiger partial charge on any atom is -0.381 e. The molecule has 0 bridgehead atoms. The highest BCUT2D eigenvalue weighted by molar-refractivity contribution is 5.86. The molecule has 0 spiro atoms. The normalized spacial score (nSPS) is 16.9. The molecule has 92 valence electrons. The number of aromatic nitrogens is 1. The van der Waals surface area contributed by atoms with Gasteiger partial charge in [-0.25, -0.2) is 0 Å². The molecule has 0 unspecified atom stereocenters. The van der Waals surface area contributed by atoms with Crippen LogP contribution in [0.5, 0.6) is 0 Å². The van der Waals surface area contributed by atoms with Crippen molar-refractivity contribution >= 4 is 17.2 Å². The summed E-state index contributed by atoms with van der Waals surface area (Å²) >= 11 is 0. The molecule has 1 aliphatic rings. The van der Waals surface area contributed by atoms with E-state index >= 15 is 0 Å². The molecule has 0 N–H and O–H groups in total. The predicted octanol–water partition coefficient (Wildman–Crippen LogP) is 2.94. The third kappa shape index (κ3) is 2.14. The molecule has 0 amide bonds. The Balaban J connectivity index is 1.97. The number of pyridine rings is 1. The second-order valence-corrected chi connectivity index (χ2v) is 4.69.